The lowest BCUT2D eigenvalue weighted by atomic mass is 9.67. The molecular formula is C104H68Br2N2. The minimum absolute atomic E-state index is 0.424. The average Bonchev–Trinajstić information content (AvgIpc) is 1.53. The highest BCUT2D eigenvalue weighted by molar-refractivity contribution is 9.10. The predicted octanol–water partition coefficient (Wildman–Crippen LogP) is 28.2. The summed E-state index contributed by atoms with van der Waals surface area (Å²) >= 11 is 7.30. The minimum atomic E-state index is -0.449. The van der Waals surface area contributed by atoms with Crippen LogP contribution in [0.15, 0.2) is 421 Å². The fourth-order valence-corrected chi connectivity index (χ4v) is 18.9. The van der Waals surface area contributed by atoms with E-state index in [1.54, 1.807) is 0 Å². The first kappa shape index (κ1) is 64.9. The second-order valence-electron chi connectivity index (χ2n) is 28.4. The third kappa shape index (κ3) is 10.5. The van der Waals surface area contributed by atoms with Crippen molar-refractivity contribution in [2.45, 2.75) is 10.8 Å². The zero-order chi connectivity index (χ0) is 71.9. The van der Waals surface area contributed by atoms with Crippen molar-refractivity contribution in [1.29, 1.82) is 0 Å². The molecule has 19 aromatic rings. The highest BCUT2D eigenvalue weighted by Gasteiger charge is 2.48. The van der Waals surface area contributed by atoms with Crippen molar-refractivity contribution in [2.75, 3.05) is 0 Å². The van der Waals surface area contributed by atoms with Crippen molar-refractivity contribution >= 4 is 75.5 Å². The maximum atomic E-state index is 3.65. The summed E-state index contributed by atoms with van der Waals surface area (Å²) in [6.45, 7) is 0. The third-order valence-electron chi connectivity index (χ3n) is 22.7. The predicted molar refractivity (Wildman–Crippen MR) is 459 cm³/mol. The summed E-state index contributed by atoms with van der Waals surface area (Å²) in [5.41, 5.74) is 33.9. The zero-order valence-electron chi connectivity index (χ0n) is 58.9. The van der Waals surface area contributed by atoms with E-state index in [0.29, 0.717) is 0 Å². The monoisotopic (exact) mass is 1500 g/mol. The Balaban J connectivity index is 0.000000143. The third-order valence-corrected chi connectivity index (χ3v) is 23.7. The van der Waals surface area contributed by atoms with E-state index in [2.05, 4.69) is 454 Å². The van der Waals surface area contributed by atoms with Crippen LogP contribution >= 0.6 is 31.9 Å². The van der Waals surface area contributed by atoms with E-state index >= 15 is 0 Å². The topological polar surface area (TPSA) is 9.86 Å². The molecule has 0 bridgehead atoms. The molecule has 108 heavy (non-hydrogen) atoms. The van der Waals surface area contributed by atoms with E-state index in [4.69, 9.17) is 0 Å². The van der Waals surface area contributed by atoms with Gasteiger partial charge in [0.15, 0.2) is 0 Å². The molecule has 0 spiro atoms. The normalized spacial score (nSPS) is 12.9. The molecule has 0 atom stereocenters. The Morgan fingerprint density at radius 2 is 0.519 bits per heavy atom. The number of rotatable bonds is 11. The van der Waals surface area contributed by atoms with Gasteiger partial charge in [0.2, 0.25) is 0 Å². The van der Waals surface area contributed by atoms with E-state index in [-0.39, 0.29) is 0 Å². The zero-order valence-corrected chi connectivity index (χ0v) is 62.1. The molecule has 2 aliphatic rings. The fourth-order valence-electron chi connectivity index (χ4n) is 18.1. The highest BCUT2D eigenvalue weighted by Crippen LogP contribution is 2.60. The van der Waals surface area contributed by atoms with Crippen molar-refractivity contribution in [2.24, 2.45) is 0 Å². The SMILES string of the molecule is Brc1cccc(-c2cccc(-c3ccc4c(c3)c3ccccc3n4-c3ccc(-c4cccc5c4-c4ccccc4C5(c4ccccc4)c4ccccc4)cc3)c2)c1.Brc1cccc(-c2cccc(-c3ccc4c(c3)c3ccccc3n4-c3cccc4c3-c3ccccc3C4(c3ccccc3)c3ccccc3)c2)c1. The van der Waals surface area contributed by atoms with Crippen LogP contribution < -0.4 is 0 Å². The van der Waals surface area contributed by atoms with Gasteiger partial charge in [0.25, 0.3) is 0 Å². The van der Waals surface area contributed by atoms with Crippen LogP contribution in [0.5, 0.6) is 0 Å². The number of benzene rings is 17. The van der Waals surface area contributed by atoms with Gasteiger partial charge < -0.3 is 9.13 Å². The number of halogens is 2. The van der Waals surface area contributed by atoms with Gasteiger partial charge in [-0.15, -0.1) is 0 Å². The van der Waals surface area contributed by atoms with E-state index in [1.807, 2.05) is 0 Å². The van der Waals surface area contributed by atoms with Gasteiger partial charge in [-0.3, -0.25) is 0 Å². The molecule has 0 radical (unpaired) electrons. The lowest BCUT2D eigenvalue weighted by Gasteiger charge is -2.34. The first-order valence-electron chi connectivity index (χ1n) is 37.0. The summed E-state index contributed by atoms with van der Waals surface area (Å²) in [5, 5.41) is 4.99. The molecule has 0 fully saturated rings. The number of fused-ring (bicyclic) bond motifs is 12. The highest BCUT2D eigenvalue weighted by atomic mass is 79.9. The van der Waals surface area contributed by atoms with Gasteiger partial charge in [0.05, 0.1) is 38.6 Å². The van der Waals surface area contributed by atoms with Crippen LogP contribution in [0.1, 0.15) is 44.5 Å². The van der Waals surface area contributed by atoms with Gasteiger partial charge in [-0.05, 0) is 208 Å². The van der Waals surface area contributed by atoms with Crippen molar-refractivity contribution in [3.8, 4) is 89.3 Å². The van der Waals surface area contributed by atoms with Gasteiger partial charge >= 0.3 is 0 Å². The summed E-state index contributed by atoms with van der Waals surface area (Å²) in [7, 11) is 0. The number of para-hydroxylation sites is 2. The molecule has 0 saturated carbocycles. The molecule has 508 valence electrons. The lowest BCUT2D eigenvalue weighted by Crippen LogP contribution is -2.28. The van der Waals surface area contributed by atoms with Crippen molar-refractivity contribution < 1.29 is 0 Å². The van der Waals surface area contributed by atoms with E-state index in [0.717, 1.165) is 14.6 Å². The summed E-state index contributed by atoms with van der Waals surface area (Å²) in [5.74, 6) is 0. The number of nitrogens with zero attached hydrogens (tertiary/aromatic N) is 2. The Kier molecular flexibility index (Phi) is 16.0. The van der Waals surface area contributed by atoms with E-state index in [9.17, 15) is 0 Å². The van der Waals surface area contributed by atoms with Crippen LogP contribution in [0.3, 0.4) is 0 Å². The molecule has 4 heteroatoms. The Morgan fingerprint density at radius 1 is 0.194 bits per heavy atom. The van der Waals surface area contributed by atoms with Gasteiger partial charge in [0, 0.05) is 41.7 Å². The van der Waals surface area contributed by atoms with Crippen molar-refractivity contribution in [3.05, 3.63) is 466 Å². The molecule has 2 aliphatic carbocycles. The second-order valence-corrected chi connectivity index (χ2v) is 30.2. The van der Waals surface area contributed by atoms with Crippen LogP contribution in [-0.4, -0.2) is 9.13 Å². The standard InChI is InChI=1S/C55H36BrN.C49H32BrN/c56-44-21-12-16-40(35-44)38-14-11-15-39(34-38)41-30-33-53-49(36-41)47-22-8-10-27-52(47)57(53)45-31-28-37(29-32-45)46-24-13-26-51-54(46)48-23-7-9-25-50(48)55(51,42-17-3-1-4-18-42)43-19-5-2-6-20-43;50-39-21-12-16-35(31-39)33-14-11-15-34(30-33)36-28-29-46-42(32-36)40-22-8-10-26-45(40)51(46)47-27-13-25-44-48(47)41-23-7-9-24-43(41)49(44,37-17-3-1-4-18-37)38-19-5-2-6-20-38/h1-36H;1-32H. The van der Waals surface area contributed by atoms with Crippen LogP contribution in [0.4, 0.5) is 0 Å². The molecule has 0 aliphatic heterocycles. The first-order valence-corrected chi connectivity index (χ1v) is 38.6. The Labute approximate surface area is 645 Å². The molecule has 0 N–H and O–H groups in total. The van der Waals surface area contributed by atoms with Crippen LogP contribution in [0.2, 0.25) is 0 Å². The van der Waals surface area contributed by atoms with Gasteiger partial charge in [-0.2, -0.15) is 0 Å². The summed E-state index contributed by atoms with van der Waals surface area (Å²) in [6, 6.07) is 151. The Bertz CT molecular complexity index is 6610. The number of hydrogen-bond donors (Lipinski definition) is 0. The Morgan fingerprint density at radius 3 is 0.991 bits per heavy atom. The Hall–Kier alpha value is -12.7. The molecule has 2 aromatic heterocycles. The molecule has 21 rings (SSSR count). The van der Waals surface area contributed by atoms with Gasteiger partial charge in [0.1, 0.15) is 0 Å². The quantitative estimate of drug-likeness (QED) is 0.122. The summed E-state index contributed by atoms with van der Waals surface area (Å²) in [4.78, 5) is 0. The van der Waals surface area contributed by atoms with Crippen LogP contribution in [0, 0.1) is 0 Å². The maximum Gasteiger partial charge on any atom is 0.0714 e. The summed E-state index contributed by atoms with van der Waals surface area (Å²) in [6.07, 6.45) is 0. The minimum Gasteiger partial charge on any atom is -0.309 e. The average molecular weight is 1510 g/mol. The van der Waals surface area contributed by atoms with E-state index in [1.165, 1.54) is 172 Å². The first-order chi connectivity index (χ1) is 53.4. The molecule has 0 amide bonds. The number of aromatic nitrogens is 2. The molecular weight excluding hydrogens is 1440 g/mol. The largest absolute Gasteiger partial charge is 0.309 e. The summed E-state index contributed by atoms with van der Waals surface area (Å²) < 4.78 is 7.07. The van der Waals surface area contributed by atoms with Crippen molar-refractivity contribution in [3.63, 3.8) is 0 Å². The fraction of sp³-hybridized carbons (Fsp3) is 0.0192. The maximum absolute atomic E-state index is 3.65. The van der Waals surface area contributed by atoms with Crippen LogP contribution in [0.25, 0.3) is 133 Å². The molecule has 0 unspecified atom stereocenters. The lowest BCUT2D eigenvalue weighted by molar-refractivity contribution is 0.768. The van der Waals surface area contributed by atoms with Gasteiger partial charge in [-0.1, -0.05) is 353 Å². The second kappa shape index (κ2) is 26.7. The van der Waals surface area contributed by atoms with Gasteiger partial charge in [-0.25, -0.2) is 0 Å². The van der Waals surface area contributed by atoms with Crippen LogP contribution in [-0.2, 0) is 10.8 Å². The molecule has 17 aromatic carbocycles. The van der Waals surface area contributed by atoms with E-state index < -0.39 is 10.8 Å². The molecule has 0 saturated heterocycles. The van der Waals surface area contributed by atoms with Crippen molar-refractivity contribution in [1.82, 2.24) is 9.13 Å². The smallest absolute Gasteiger partial charge is 0.0714 e. The molecule has 2 nitrogen and oxygen atoms in total. The number of hydrogen-bond acceptors (Lipinski definition) is 0. The molecule has 2 heterocycles.